The summed E-state index contributed by atoms with van der Waals surface area (Å²) in [7, 11) is 1.60. The molecule has 2 aromatic rings. The van der Waals surface area contributed by atoms with Crippen LogP contribution in [0, 0.1) is 5.82 Å². The number of hydrogen-bond acceptors (Lipinski definition) is 4. The molecule has 0 spiro atoms. The molecule has 2 amide bonds. The first-order valence-electron chi connectivity index (χ1n) is 10.4. The van der Waals surface area contributed by atoms with Crippen LogP contribution in [0.1, 0.15) is 38.3 Å². The van der Waals surface area contributed by atoms with E-state index in [1.165, 1.54) is 17.8 Å². The zero-order chi connectivity index (χ0) is 22.8. The summed E-state index contributed by atoms with van der Waals surface area (Å²) in [6.45, 7) is 5.97. The second kappa shape index (κ2) is 12.3. The van der Waals surface area contributed by atoms with E-state index >= 15 is 0 Å². The van der Waals surface area contributed by atoms with Crippen LogP contribution in [0.4, 0.5) is 4.39 Å². The molecule has 0 fully saturated rings. The lowest BCUT2D eigenvalue weighted by Gasteiger charge is -2.29. The number of benzene rings is 2. The first-order valence-corrected chi connectivity index (χ1v) is 11.5. The van der Waals surface area contributed by atoms with E-state index in [0.29, 0.717) is 17.9 Å². The lowest BCUT2D eigenvalue weighted by Crippen LogP contribution is -2.50. The number of amides is 2. The van der Waals surface area contributed by atoms with E-state index in [9.17, 15) is 14.0 Å². The maximum absolute atomic E-state index is 13.8. The van der Waals surface area contributed by atoms with Crippen LogP contribution in [-0.4, -0.2) is 41.7 Å². The predicted molar refractivity (Wildman–Crippen MR) is 123 cm³/mol. The Labute approximate surface area is 188 Å². The molecule has 0 radical (unpaired) electrons. The fraction of sp³-hybridized carbons (Fsp3) is 0.417. The van der Waals surface area contributed by atoms with Crippen molar-refractivity contribution < 1.29 is 18.7 Å². The molecule has 0 unspecified atom stereocenters. The Kier molecular flexibility index (Phi) is 9.85. The van der Waals surface area contributed by atoms with E-state index in [0.717, 1.165) is 17.7 Å². The standard InChI is InChI=1S/C24H31FN2O3S/c1-5-17(2)26-24(29)18(3)27(14-19-10-12-21(30-4)13-11-19)23(28)16-31-15-20-8-6-7-9-22(20)25/h6-13,17-18H,5,14-16H2,1-4H3,(H,26,29)/t17-,18+/m0/s1. The summed E-state index contributed by atoms with van der Waals surface area (Å²) in [4.78, 5) is 27.3. The molecule has 5 nitrogen and oxygen atoms in total. The topological polar surface area (TPSA) is 58.6 Å². The van der Waals surface area contributed by atoms with Crippen molar-refractivity contribution in [3.8, 4) is 5.75 Å². The fourth-order valence-electron chi connectivity index (χ4n) is 2.92. The molecule has 2 rings (SSSR count). The molecule has 1 N–H and O–H groups in total. The van der Waals surface area contributed by atoms with Gasteiger partial charge in [-0.05, 0) is 49.6 Å². The Morgan fingerprint density at radius 3 is 2.42 bits per heavy atom. The summed E-state index contributed by atoms with van der Waals surface area (Å²) in [5.74, 6) is 0.649. The normalized spacial score (nSPS) is 12.7. The van der Waals surface area contributed by atoms with Crippen molar-refractivity contribution in [3.63, 3.8) is 0 Å². The van der Waals surface area contributed by atoms with Gasteiger partial charge in [0.05, 0.1) is 12.9 Å². The van der Waals surface area contributed by atoms with E-state index < -0.39 is 6.04 Å². The fourth-order valence-corrected chi connectivity index (χ4v) is 3.82. The van der Waals surface area contributed by atoms with Crippen molar-refractivity contribution in [3.05, 3.63) is 65.5 Å². The quantitative estimate of drug-likeness (QED) is 0.556. The molecule has 31 heavy (non-hydrogen) atoms. The minimum atomic E-state index is -0.627. The van der Waals surface area contributed by atoms with Crippen molar-refractivity contribution in [1.29, 1.82) is 0 Å². The lowest BCUT2D eigenvalue weighted by atomic mass is 10.1. The van der Waals surface area contributed by atoms with E-state index in [1.807, 2.05) is 38.1 Å². The van der Waals surface area contributed by atoms with Crippen LogP contribution < -0.4 is 10.1 Å². The smallest absolute Gasteiger partial charge is 0.242 e. The van der Waals surface area contributed by atoms with Crippen LogP contribution >= 0.6 is 11.8 Å². The van der Waals surface area contributed by atoms with Gasteiger partial charge >= 0.3 is 0 Å². The monoisotopic (exact) mass is 446 g/mol. The predicted octanol–water partition coefficient (Wildman–Crippen LogP) is 4.40. The molecule has 168 valence electrons. The maximum Gasteiger partial charge on any atom is 0.242 e. The number of nitrogens with one attached hydrogen (secondary N) is 1. The third-order valence-electron chi connectivity index (χ3n) is 5.12. The van der Waals surface area contributed by atoms with Crippen LogP contribution in [0.2, 0.25) is 0 Å². The van der Waals surface area contributed by atoms with E-state index in [-0.39, 0.29) is 29.4 Å². The van der Waals surface area contributed by atoms with Crippen LogP contribution in [0.3, 0.4) is 0 Å². The minimum Gasteiger partial charge on any atom is -0.497 e. The summed E-state index contributed by atoms with van der Waals surface area (Å²) in [5, 5.41) is 2.95. The second-order valence-electron chi connectivity index (χ2n) is 7.45. The molecule has 2 atom stereocenters. The number of hydrogen-bond donors (Lipinski definition) is 1. The highest BCUT2D eigenvalue weighted by Crippen LogP contribution is 2.19. The average molecular weight is 447 g/mol. The number of nitrogens with zero attached hydrogens (tertiary/aromatic N) is 1. The summed E-state index contributed by atoms with van der Waals surface area (Å²) in [6.07, 6.45) is 0.809. The zero-order valence-electron chi connectivity index (χ0n) is 18.6. The van der Waals surface area contributed by atoms with Crippen molar-refractivity contribution in [2.45, 2.75) is 51.6 Å². The first kappa shape index (κ1) is 24.7. The minimum absolute atomic E-state index is 0.0309. The van der Waals surface area contributed by atoms with Gasteiger partial charge in [0.2, 0.25) is 11.8 Å². The number of rotatable bonds is 11. The Morgan fingerprint density at radius 2 is 1.81 bits per heavy atom. The molecule has 0 aromatic heterocycles. The van der Waals surface area contributed by atoms with Gasteiger partial charge in [0.25, 0.3) is 0 Å². The van der Waals surface area contributed by atoms with E-state index in [2.05, 4.69) is 5.32 Å². The van der Waals surface area contributed by atoms with Gasteiger partial charge in [-0.3, -0.25) is 9.59 Å². The van der Waals surface area contributed by atoms with Crippen LogP contribution in [0.5, 0.6) is 5.75 Å². The largest absolute Gasteiger partial charge is 0.497 e. The summed E-state index contributed by atoms with van der Waals surface area (Å²) >= 11 is 1.34. The molecule has 0 heterocycles. The Morgan fingerprint density at radius 1 is 1.13 bits per heavy atom. The van der Waals surface area contributed by atoms with Gasteiger partial charge in [-0.15, -0.1) is 11.8 Å². The molecule has 0 aliphatic heterocycles. The number of methoxy groups -OCH3 is 1. The summed E-state index contributed by atoms with van der Waals surface area (Å²) in [6, 6.07) is 13.4. The Hall–Kier alpha value is -2.54. The van der Waals surface area contributed by atoms with Gasteiger partial charge in [0.1, 0.15) is 17.6 Å². The number of ether oxygens (including phenoxy) is 1. The number of carbonyl (C=O) groups is 2. The zero-order valence-corrected chi connectivity index (χ0v) is 19.4. The Bertz CT molecular complexity index is 860. The molecular formula is C24H31FN2O3S. The van der Waals surface area contributed by atoms with Crippen LogP contribution in [0.25, 0.3) is 0 Å². The van der Waals surface area contributed by atoms with Gasteiger partial charge in [-0.2, -0.15) is 0 Å². The molecule has 0 saturated carbocycles. The maximum atomic E-state index is 13.8. The number of halogens is 1. The first-order chi connectivity index (χ1) is 14.8. The summed E-state index contributed by atoms with van der Waals surface area (Å²) in [5.41, 5.74) is 1.46. The summed E-state index contributed by atoms with van der Waals surface area (Å²) < 4.78 is 19.0. The van der Waals surface area contributed by atoms with Crippen LogP contribution in [-0.2, 0) is 21.9 Å². The van der Waals surface area contributed by atoms with Crippen molar-refractivity contribution in [1.82, 2.24) is 10.2 Å². The highest BCUT2D eigenvalue weighted by molar-refractivity contribution is 7.99. The lowest BCUT2D eigenvalue weighted by molar-refractivity contribution is -0.138. The highest BCUT2D eigenvalue weighted by atomic mass is 32.2. The van der Waals surface area contributed by atoms with Gasteiger partial charge in [0, 0.05) is 18.3 Å². The molecule has 0 aliphatic carbocycles. The molecule has 2 aromatic carbocycles. The van der Waals surface area contributed by atoms with Gasteiger partial charge in [-0.25, -0.2) is 4.39 Å². The van der Waals surface area contributed by atoms with Crippen molar-refractivity contribution >= 4 is 23.6 Å². The third-order valence-corrected chi connectivity index (χ3v) is 6.09. The number of thioether (sulfide) groups is 1. The molecule has 0 aliphatic rings. The third kappa shape index (κ3) is 7.58. The highest BCUT2D eigenvalue weighted by Gasteiger charge is 2.26. The number of carbonyl (C=O) groups excluding carboxylic acids is 2. The van der Waals surface area contributed by atoms with Gasteiger partial charge in [0.15, 0.2) is 0 Å². The van der Waals surface area contributed by atoms with Crippen molar-refractivity contribution in [2.75, 3.05) is 12.9 Å². The Balaban J connectivity index is 2.09. The molecule has 0 saturated heterocycles. The van der Waals surface area contributed by atoms with E-state index in [1.54, 1.807) is 37.1 Å². The van der Waals surface area contributed by atoms with Crippen molar-refractivity contribution in [2.24, 2.45) is 0 Å². The second-order valence-corrected chi connectivity index (χ2v) is 8.43. The van der Waals surface area contributed by atoms with Crippen LogP contribution in [0.15, 0.2) is 48.5 Å². The molecule has 0 bridgehead atoms. The average Bonchev–Trinajstić information content (AvgIpc) is 2.78. The SMILES string of the molecule is CC[C@H](C)NC(=O)[C@@H](C)N(Cc1ccc(OC)cc1)C(=O)CSCc1ccccc1F. The van der Waals surface area contributed by atoms with E-state index in [4.69, 9.17) is 4.74 Å². The van der Waals surface area contributed by atoms with Gasteiger partial charge in [-0.1, -0.05) is 37.3 Å². The molecule has 7 heteroatoms. The molecular weight excluding hydrogens is 415 g/mol. The van der Waals surface area contributed by atoms with Gasteiger partial charge < -0.3 is 15.0 Å².